The van der Waals surface area contributed by atoms with Gasteiger partial charge in [-0.3, -0.25) is 14.2 Å². The third-order valence-corrected chi connectivity index (χ3v) is 7.84. The van der Waals surface area contributed by atoms with Crippen molar-refractivity contribution in [1.82, 2.24) is 9.55 Å². The van der Waals surface area contributed by atoms with Crippen LogP contribution in [-0.2, 0) is 24.2 Å². The highest BCUT2D eigenvalue weighted by Crippen LogP contribution is 2.35. The first-order chi connectivity index (χ1) is 14.9. The van der Waals surface area contributed by atoms with Crippen molar-refractivity contribution in [2.75, 3.05) is 11.1 Å². The number of hydrogen-bond donors (Lipinski definition) is 1. The second-order valence-corrected chi connectivity index (χ2v) is 10.2. The van der Waals surface area contributed by atoms with Gasteiger partial charge < -0.3 is 5.32 Å². The molecule has 0 atom stereocenters. The smallest absolute Gasteiger partial charge is 0.263 e. The van der Waals surface area contributed by atoms with Crippen molar-refractivity contribution in [1.29, 1.82) is 0 Å². The van der Waals surface area contributed by atoms with Crippen molar-refractivity contribution in [2.45, 2.75) is 51.2 Å². The molecule has 1 aliphatic carbocycles. The summed E-state index contributed by atoms with van der Waals surface area (Å²) < 4.78 is 1.62. The molecular formula is C23H24ClN3O2S2. The lowest BCUT2D eigenvalue weighted by molar-refractivity contribution is -0.113. The molecule has 1 aromatic carbocycles. The zero-order valence-electron chi connectivity index (χ0n) is 17.6. The number of allylic oxidation sites excluding steroid dienone is 1. The van der Waals surface area contributed by atoms with E-state index in [9.17, 15) is 9.59 Å². The summed E-state index contributed by atoms with van der Waals surface area (Å²) in [6, 6.07) is 3.80. The number of thiophene rings is 1. The molecule has 0 radical (unpaired) electrons. The van der Waals surface area contributed by atoms with E-state index in [1.807, 2.05) is 26.0 Å². The summed E-state index contributed by atoms with van der Waals surface area (Å²) in [5.41, 5.74) is 3.70. The number of anilines is 1. The fourth-order valence-electron chi connectivity index (χ4n) is 4.00. The van der Waals surface area contributed by atoms with Gasteiger partial charge in [-0.25, -0.2) is 4.98 Å². The SMILES string of the molecule is C=CCn1c(SCC(=O)Nc2c(C)cc(C)cc2Cl)nc2sc3c(c2c1=O)CCCC3. The molecule has 0 bridgehead atoms. The van der Waals surface area contributed by atoms with Crippen LogP contribution in [0.3, 0.4) is 0 Å². The van der Waals surface area contributed by atoms with E-state index in [1.54, 1.807) is 22.0 Å². The summed E-state index contributed by atoms with van der Waals surface area (Å²) >= 11 is 9.18. The molecule has 1 N–H and O–H groups in total. The van der Waals surface area contributed by atoms with Gasteiger partial charge in [0.25, 0.3) is 5.56 Å². The van der Waals surface area contributed by atoms with E-state index in [0.717, 1.165) is 47.0 Å². The van der Waals surface area contributed by atoms with Crippen LogP contribution in [0.1, 0.15) is 34.4 Å². The molecule has 3 aromatic rings. The predicted octanol–water partition coefficient (Wildman–Crippen LogP) is 5.52. The number of thioether (sulfide) groups is 1. The Bertz CT molecular complexity index is 1220. The number of hydrogen-bond acceptors (Lipinski definition) is 5. The predicted molar refractivity (Wildman–Crippen MR) is 131 cm³/mol. The molecular weight excluding hydrogens is 450 g/mol. The van der Waals surface area contributed by atoms with Crippen molar-refractivity contribution in [3.05, 3.63) is 61.7 Å². The maximum absolute atomic E-state index is 13.3. The minimum atomic E-state index is -0.191. The number of carbonyl (C=O) groups excluding carboxylic acids is 1. The zero-order chi connectivity index (χ0) is 22.1. The van der Waals surface area contributed by atoms with Gasteiger partial charge in [-0.15, -0.1) is 17.9 Å². The Morgan fingerprint density at radius 3 is 2.87 bits per heavy atom. The van der Waals surface area contributed by atoms with Gasteiger partial charge in [-0.1, -0.05) is 35.5 Å². The molecule has 8 heteroatoms. The van der Waals surface area contributed by atoms with E-state index in [1.165, 1.54) is 22.2 Å². The minimum absolute atomic E-state index is 0.0374. The van der Waals surface area contributed by atoms with Crippen LogP contribution in [0.2, 0.25) is 5.02 Å². The molecule has 2 heterocycles. The van der Waals surface area contributed by atoms with E-state index in [0.29, 0.717) is 22.4 Å². The number of halogens is 1. The fourth-order valence-corrected chi connectivity index (χ4v) is 6.48. The molecule has 0 fully saturated rings. The third-order valence-electron chi connectivity index (χ3n) is 5.38. The zero-order valence-corrected chi connectivity index (χ0v) is 20.0. The van der Waals surface area contributed by atoms with Gasteiger partial charge in [-0.2, -0.15) is 0 Å². The lowest BCUT2D eigenvalue weighted by Crippen LogP contribution is -2.24. The molecule has 2 aromatic heterocycles. The molecule has 0 unspecified atom stereocenters. The molecule has 162 valence electrons. The number of carbonyl (C=O) groups is 1. The Balaban J connectivity index is 1.61. The summed E-state index contributed by atoms with van der Waals surface area (Å²) in [6.45, 7) is 8.02. The average Bonchev–Trinajstić information content (AvgIpc) is 3.10. The van der Waals surface area contributed by atoms with Crippen LogP contribution in [0.15, 0.2) is 34.7 Å². The van der Waals surface area contributed by atoms with Crippen LogP contribution in [-0.4, -0.2) is 21.2 Å². The maximum atomic E-state index is 13.3. The number of amides is 1. The number of aromatic nitrogens is 2. The molecule has 31 heavy (non-hydrogen) atoms. The summed E-state index contributed by atoms with van der Waals surface area (Å²) in [7, 11) is 0. The van der Waals surface area contributed by atoms with Crippen LogP contribution in [0, 0.1) is 13.8 Å². The maximum Gasteiger partial charge on any atom is 0.263 e. The number of benzene rings is 1. The summed E-state index contributed by atoms with van der Waals surface area (Å²) in [4.78, 5) is 32.7. The Labute approximate surface area is 194 Å². The van der Waals surface area contributed by atoms with E-state index in [2.05, 4.69) is 11.9 Å². The van der Waals surface area contributed by atoms with E-state index in [-0.39, 0.29) is 17.2 Å². The van der Waals surface area contributed by atoms with Crippen LogP contribution in [0.25, 0.3) is 10.2 Å². The van der Waals surface area contributed by atoms with Gasteiger partial charge in [-0.05, 0) is 62.3 Å². The molecule has 1 aliphatic rings. The summed E-state index contributed by atoms with van der Waals surface area (Å²) in [6.07, 6.45) is 5.90. The number of nitrogens with zero attached hydrogens (tertiary/aromatic N) is 2. The lowest BCUT2D eigenvalue weighted by atomic mass is 9.97. The second kappa shape index (κ2) is 9.18. The van der Waals surface area contributed by atoms with E-state index in [4.69, 9.17) is 16.6 Å². The van der Waals surface area contributed by atoms with Crippen LogP contribution in [0.4, 0.5) is 5.69 Å². The van der Waals surface area contributed by atoms with Crippen molar-refractivity contribution in [2.24, 2.45) is 0 Å². The quantitative estimate of drug-likeness (QED) is 0.290. The molecule has 0 saturated carbocycles. The Kier molecular flexibility index (Phi) is 6.55. The number of rotatable bonds is 6. The van der Waals surface area contributed by atoms with Crippen LogP contribution < -0.4 is 10.9 Å². The first kappa shape index (κ1) is 22.1. The summed E-state index contributed by atoms with van der Waals surface area (Å²) in [5.74, 6) is -0.0621. The van der Waals surface area contributed by atoms with Crippen molar-refractivity contribution in [3.8, 4) is 0 Å². The number of aryl methyl sites for hydroxylation is 4. The molecule has 0 spiro atoms. The number of fused-ring (bicyclic) bond motifs is 3. The van der Waals surface area contributed by atoms with Gasteiger partial charge in [0.2, 0.25) is 5.91 Å². The second-order valence-electron chi connectivity index (χ2n) is 7.77. The van der Waals surface area contributed by atoms with Gasteiger partial charge in [0.1, 0.15) is 4.83 Å². The minimum Gasteiger partial charge on any atom is -0.324 e. The highest BCUT2D eigenvalue weighted by atomic mass is 35.5. The van der Waals surface area contributed by atoms with Crippen LogP contribution in [0.5, 0.6) is 0 Å². The highest BCUT2D eigenvalue weighted by molar-refractivity contribution is 7.99. The largest absolute Gasteiger partial charge is 0.324 e. The Hall–Kier alpha value is -2.09. The average molecular weight is 474 g/mol. The van der Waals surface area contributed by atoms with Crippen molar-refractivity contribution >= 4 is 56.5 Å². The van der Waals surface area contributed by atoms with Gasteiger partial charge >= 0.3 is 0 Å². The van der Waals surface area contributed by atoms with Crippen molar-refractivity contribution in [3.63, 3.8) is 0 Å². The standard InChI is InChI=1S/C23H24ClN3O2S2/c1-4-9-27-22(29)19-15-7-5-6-8-17(15)31-21(19)26-23(27)30-12-18(28)25-20-14(3)10-13(2)11-16(20)24/h4,10-11H,1,5-9,12H2,2-3H3,(H,25,28). The lowest BCUT2D eigenvalue weighted by Gasteiger charge is -2.13. The first-order valence-electron chi connectivity index (χ1n) is 10.2. The monoisotopic (exact) mass is 473 g/mol. The van der Waals surface area contributed by atoms with Gasteiger partial charge in [0, 0.05) is 11.4 Å². The molecule has 1 amide bonds. The van der Waals surface area contributed by atoms with E-state index >= 15 is 0 Å². The topological polar surface area (TPSA) is 64.0 Å². The fraction of sp³-hybridized carbons (Fsp3) is 0.348. The van der Waals surface area contributed by atoms with Crippen LogP contribution >= 0.6 is 34.7 Å². The third kappa shape index (κ3) is 4.45. The molecule has 0 saturated heterocycles. The Morgan fingerprint density at radius 2 is 2.13 bits per heavy atom. The van der Waals surface area contributed by atoms with E-state index < -0.39 is 0 Å². The summed E-state index contributed by atoms with van der Waals surface area (Å²) in [5, 5.41) is 4.70. The molecule has 4 rings (SSSR count). The normalized spacial score (nSPS) is 13.3. The first-order valence-corrected chi connectivity index (χ1v) is 12.4. The number of nitrogens with one attached hydrogen (secondary N) is 1. The van der Waals surface area contributed by atoms with Crippen molar-refractivity contribution < 1.29 is 4.79 Å². The van der Waals surface area contributed by atoms with Gasteiger partial charge in [0.15, 0.2) is 5.16 Å². The Morgan fingerprint density at radius 1 is 1.35 bits per heavy atom. The molecule has 0 aliphatic heterocycles. The highest BCUT2D eigenvalue weighted by Gasteiger charge is 2.22. The molecule has 5 nitrogen and oxygen atoms in total. The van der Waals surface area contributed by atoms with Gasteiger partial charge in [0.05, 0.1) is 21.8 Å².